The van der Waals surface area contributed by atoms with Crippen LogP contribution in [0.3, 0.4) is 0 Å². The highest BCUT2D eigenvalue weighted by molar-refractivity contribution is 5.88. The van der Waals surface area contributed by atoms with E-state index in [1.54, 1.807) is 56.7 Å². The third-order valence-corrected chi connectivity index (χ3v) is 3.50. The van der Waals surface area contributed by atoms with Crippen molar-refractivity contribution in [3.63, 3.8) is 0 Å². The van der Waals surface area contributed by atoms with Gasteiger partial charge in [0, 0.05) is 18.2 Å². The van der Waals surface area contributed by atoms with Gasteiger partial charge in [-0.25, -0.2) is 0 Å². The van der Waals surface area contributed by atoms with Crippen LogP contribution in [0, 0.1) is 0 Å². The number of amides is 1. The third kappa shape index (κ3) is 5.53. The first-order valence-corrected chi connectivity index (χ1v) is 7.75. The first-order chi connectivity index (χ1) is 12.0. The molecule has 0 saturated carbocycles. The summed E-state index contributed by atoms with van der Waals surface area (Å²) in [4.78, 5) is 23.0. The average molecular weight is 343 g/mol. The Balaban J connectivity index is 1.93. The van der Waals surface area contributed by atoms with E-state index in [2.05, 4.69) is 5.32 Å². The Morgan fingerprint density at radius 2 is 1.72 bits per heavy atom. The molecule has 6 nitrogen and oxygen atoms in total. The van der Waals surface area contributed by atoms with Crippen molar-refractivity contribution in [1.82, 2.24) is 0 Å². The lowest BCUT2D eigenvalue weighted by molar-refractivity contribution is -0.144. The molecule has 0 aliphatic heterocycles. The number of carbonyl (C=O) groups excluding carboxylic acids is 2. The Bertz CT molecular complexity index is 740. The number of anilines is 1. The summed E-state index contributed by atoms with van der Waals surface area (Å²) < 4.78 is 15.8. The lowest BCUT2D eigenvalue weighted by Crippen LogP contribution is -2.09. The number of hydrogen-bond acceptors (Lipinski definition) is 5. The highest BCUT2D eigenvalue weighted by Crippen LogP contribution is 2.24. The quantitative estimate of drug-likeness (QED) is 0.783. The molecule has 0 heterocycles. The van der Waals surface area contributed by atoms with Crippen molar-refractivity contribution in [3.05, 3.63) is 53.6 Å². The first-order valence-electron chi connectivity index (χ1n) is 7.75. The standard InChI is InChI=1S/C19H21NO5/c1-13(21)20-16-6-4-14(5-7-16)10-19(22)25-12-15-11-17(23-2)8-9-18(15)24-3/h4-9,11H,10,12H2,1-3H3,(H,20,21). The third-order valence-electron chi connectivity index (χ3n) is 3.50. The molecule has 2 rings (SSSR count). The van der Waals surface area contributed by atoms with Crippen molar-refractivity contribution < 1.29 is 23.8 Å². The minimum absolute atomic E-state index is 0.100. The molecule has 2 aromatic rings. The summed E-state index contributed by atoms with van der Waals surface area (Å²) in [5, 5.41) is 2.67. The van der Waals surface area contributed by atoms with Gasteiger partial charge in [0.05, 0.1) is 20.6 Å². The molecule has 0 fully saturated rings. The van der Waals surface area contributed by atoms with Gasteiger partial charge in [-0.05, 0) is 35.9 Å². The minimum atomic E-state index is -0.350. The number of esters is 1. The molecule has 0 unspecified atom stereocenters. The molecular weight excluding hydrogens is 322 g/mol. The van der Waals surface area contributed by atoms with Crippen molar-refractivity contribution in [2.45, 2.75) is 20.0 Å². The van der Waals surface area contributed by atoms with Crippen LogP contribution in [0.2, 0.25) is 0 Å². The Labute approximate surface area is 146 Å². The van der Waals surface area contributed by atoms with E-state index in [0.29, 0.717) is 17.2 Å². The van der Waals surface area contributed by atoms with Crippen molar-refractivity contribution in [1.29, 1.82) is 0 Å². The number of rotatable bonds is 7. The highest BCUT2D eigenvalue weighted by Gasteiger charge is 2.10. The number of benzene rings is 2. The van der Waals surface area contributed by atoms with Crippen LogP contribution in [0.5, 0.6) is 11.5 Å². The van der Waals surface area contributed by atoms with Gasteiger partial charge in [-0.1, -0.05) is 12.1 Å². The highest BCUT2D eigenvalue weighted by atomic mass is 16.5. The molecule has 1 N–H and O–H groups in total. The van der Waals surface area contributed by atoms with Crippen LogP contribution in [-0.2, 0) is 27.4 Å². The molecular formula is C19H21NO5. The second-order valence-corrected chi connectivity index (χ2v) is 5.39. The Morgan fingerprint density at radius 1 is 1.00 bits per heavy atom. The van der Waals surface area contributed by atoms with Crippen LogP contribution in [0.4, 0.5) is 5.69 Å². The molecule has 6 heteroatoms. The Hall–Kier alpha value is -3.02. The summed E-state index contributed by atoms with van der Waals surface area (Å²) in [5.41, 5.74) is 2.22. The SMILES string of the molecule is COc1ccc(OC)c(COC(=O)Cc2ccc(NC(C)=O)cc2)c1. The molecule has 132 valence electrons. The largest absolute Gasteiger partial charge is 0.497 e. The molecule has 0 aliphatic rings. The van der Waals surface area contributed by atoms with Gasteiger partial charge in [0.2, 0.25) is 5.91 Å². The molecule has 0 atom stereocenters. The van der Waals surface area contributed by atoms with Crippen LogP contribution in [0.25, 0.3) is 0 Å². The van der Waals surface area contributed by atoms with Crippen LogP contribution in [0.1, 0.15) is 18.1 Å². The summed E-state index contributed by atoms with van der Waals surface area (Å²) in [5.74, 6) is 0.810. The summed E-state index contributed by atoms with van der Waals surface area (Å²) in [6.07, 6.45) is 0.145. The van der Waals surface area contributed by atoms with E-state index in [-0.39, 0.29) is 24.9 Å². The zero-order valence-corrected chi connectivity index (χ0v) is 14.5. The fourth-order valence-corrected chi connectivity index (χ4v) is 2.28. The number of methoxy groups -OCH3 is 2. The molecule has 0 bridgehead atoms. The lowest BCUT2D eigenvalue weighted by atomic mass is 10.1. The van der Waals surface area contributed by atoms with Crippen LogP contribution >= 0.6 is 0 Å². The fourth-order valence-electron chi connectivity index (χ4n) is 2.28. The lowest BCUT2D eigenvalue weighted by Gasteiger charge is -2.11. The van der Waals surface area contributed by atoms with E-state index in [0.717, 1.165) is 11.1 Å². The molecule has 0 aliphatic carbocycles. The van der Waals surface area contributed by atoms with Gasteiger partial charge in [-0.3, -0.25) is 9.59 Å². The number of nitrogens with one attached hydrogen (secondary N) is 1. The second-order valence-electron chi connectivity index (χ2n) is 5.39. The van der Waals surface area contributed by atoms with E-state index in [4.69, 9.17) is 14.2 Å². The van der Waals surface area contributed by atoms with Gasteiger partial charge in [0.1, 0.15) is 18.1 Å². The first kappa shape index (κ1) is 18.3. The van der Waals surface area contributed by atoms with E-state index in [1.807, 2.05) is 0 Å². The van der Waals surface area contributed by atoms with Crippen LogP contribution in [-0.4, -0.2) is 26.1 Å². The number of ether oxygens (including phenoxy) is 3. The number of hydrogen-bond donors (Lipinski definition) is 1. The maximum atomic E-state index is 12.0. The molecule has 0 aromatic heterocycles. The maximum Gasteiger partial charge on any atom is 0.310 e. The van der Waals surface area contributed by atoms with E-state index in [9.17, 15) is 9.59 Å². The summed E-state index contributed by atoms with van der Waals surface area (Å²) in [6, 6.07) is 12.4. The molecule has 1 amide bonds. The summed E-state index contributed by atoms with van der Waals surface area (Å²) in [7, 11) is 3.13. The minimum Gasteiger partial charge on any atom is -0.497 e. The van der Waals surface area contributed by atoms with Gasteiger partial charge >= 0.3 is 5.97 Å². The maximum absolute atomic E-state index is 12.0. The van der Waals surface area contributed by atoms with Gasteiger partial charge < -0.3 is 19.5 Å². The van der Waals surface area contributed by atoms with Crippen molar-refractivity contribution in [2.24, 2.45) is 0 Å². The van der Waals surface area contributed by atoms with Gasteiger partial charge in [0.25, 0.3) is 0 Å². The Morgan fingerprint density at radius 3 is 2.32 bits per heavy atom. The molecule has 0 spiro atoms. The predicted molar refractivity (Wildman–Crippen MR) is 93.8 cm³/mol. The summed E-state index contributed by atoms with van der Waals surface area (Å²) in [6.45, 7) is 1.54. The smallest absolute Gasteiger partial charge is 0.310 e. The predicted octanol–water partition coefficient (Wildman–Crippen LogP) is 2.95. The van der Waals surface area contributed by atoms with Gasteiger partial charge in [-0.2, -0.15) is 0 Å². The second kappa shape index (κ2) is 8.73. The topological polar surface area (TPSA) is 73.9 Å². The Kier molecular flexibility index (Phi) is 6.39. The van der Waals surface area contributed by atoms with Crippen molar-refractivity contribution in [2.75, 3.05) is 19.5 Å². The molecule has 0 saturated heterocycles. The van der Waals surface area contributed by atoms with E-state index < -0.39 is 0 Å². The average Bonchev–Trinajstić information content (AvgIpc) is 2.61. The van der Waals surface area contributed by atoms with Gasteiger partial charge in [-0.15, -0.1) is 0 Å². The fraction of sp³-hybridized carbons (Fsp3) is 0.263. The zero-order chi connectivity index (χ0) is 18.2. The van der Waals surface area contributed by atoms with E-state index in [1.165, 1.54) is 6.92 Å². The van der Waals surface area contributed by atoms with E-state index >= 15 is 0 Å². The molecule has 0 radical (unpaired) electrons. The monoisotopic (exact) mass is 343 g/mol. The van der Waals surface area contributed by atoms with Crippen LogP contribution in [0.15, 0.2) is 42.5 Å². The molecule has 25 heavy (non-hydrogen) atoms. The van der Waals surface area contributed by atoms with Crippen molar-refractivity contribution >= 4 is 17.6 Å². The summed E-state index contributed by atoms with van der Waals surface area (Å²) >= 11 is 0. The van der Waals surface area contributed by atoms with Gasteiger partial charge in [0.15, 0.2) is 0 Å². The van der Waals surface area contributed by atoms with Crippen molar-refractivity contribution in [3.8, 4) is 11.5 Å². The van der Waals surface area contributed by atoms with Crippen LogP contribution < -0.4 is 14.8 Å². The number of carbonyl (C=O) groups is 2. The zero-order valence-electron chi connectivity index (χ0n) is 14.5. The molecule has 2 aromatic carbocycles. The normalized spacial score (nSPS) is 10.0.